The molecule has 1 aromatic rings. The molecule has 0 aromatic heterocycles. The Labute approximate surface area is 80.7 Å². The first-order chi connectivity index (χ1) is 6.65. The molecule has 0 aliphatic carbocycles. The summed E-state index contributed by atoms with van der Waals surface area (Å²) >= 11 is 0. The van der Waals surface area contributed by atoms with Crippen molar-refractivity contribution < 1.29 is 14.3 Å². The first kappa shape index (κ1) is 10.4. The molecule has 1 rings (SSSR count). The van der Waals surface area contributed by atoms with Gasteiger partial charge >= 0.3 is 5.97 Å². The zero-order valence-electron chi connectivity index (χ0n) is 7.40. The van der Waals surface area contributed by atoms with Crippen LogP contribution in [0.1, 0.15) is 15.9 Å². The molecule has 14 heavy (non-hydrogen) atoms. The van der Waals surface area contributed by atoms with Crippen LogP contribution in [-0.4, -0.2) is 17.6 Å². The summed E-state index contributed by atoms with van der Waals surface area (Å²) in [6.45, 7) is 0.316. The number of carboxylic acid groups (broad SMARTS) is 1. The molecule has 0 bridgehead atoms. The Kier molecular flexibility index (Phi) is 3.36. The lowest BCUT2D eigenvalue weighted by Crippen LogP contribution is -2.00. The van der Waals surface area contributed by atoms with Crippen molar-refractivity contribution in [3.63, 3.8) is 0 Å². The van der Waals surface area contributed by atoms with Crippen molar-refractivity contribution in [1.29, 1.82) is 0 Å². The molecule has 3 N–H and O–H groups in total. The molecule has 0 atom stereocenters. The van der Waals surface area contributed by atoms with E-state index in [4.69, 9.17) is 10.8 Å². The highest BCUT2D eigenvalue weighted by atomic mass is 19.1. The topological polar surface area (TPSA) is 63.3 Å². The molecule has 1 aromatic carbocycles. The molecule has 74 valence electrons. The summed E-state index contributed by atoms with van der Waals surface area (Å²) in [6, 6.07) is 3.60. The predicted octanol–water partition coefficient (Wildman–Crippen LogP) is 1.50. The van der Waals surface area contributed by atoms with Gasteiger partial charge in [0.1, 0.15) is 5.82 Å². The summed E-state index contributed by atoms with van der Waals surface area (Å²) in [5.41, 5.74) is 5.61. The maximum Gasteiger partial charge on any atom is 0.336 e. The number of aromatic carboxylic acids is 1. The lowest BCUT2D eigenvalue weighted by Gasteiger charge is -2.00. The third kappa shape index (κ3) is 2.40. The smallest absolute Gasteiger partial charge is 0.336 e. The fraction of sp³-hybridized carbons (Fsp3) is 0.100. The number of carbonyl (C=O) groups is 1. The van der Waals surface area contributed by atoms with Crippen molar-refractivity contribution in [2.45, 2.75) is 0 Å². The number of nitrogens with two attached hydrogens (primary N) is 1. The number of halogens is 1. The summed E-state index contributed by atoms with van der Waals surface area (Å²) in [4.78, 5) is 10.7. The van der Waals surface area contributed by atoms with E-state index < -0.39 is 11.8 Å². The highest BCUT2D eigenvalue weighted by Crippen LogP contribution is 2.12. The van der Waals surface area contributed by atoms with E-state index in [9.17, 15) is 9.18 Å². The molecular weight excluding hydrogens is 185 g/mol. The minimum atomic E-state index is -1.15. The van der Waals surface area contributed by atoms with Crippen LogP contribution in [0.4, 0.5) is 4.39 Å². The highest BCUT2D eigenvalue weighted by Gasteiger charge is 2.08. The van der Waals surface area contributed by atoms with Gasteiger partial charge in [-0.05, 0) is 17.7 Å². The minimum Gasteiger partial charge on any atom is -0.478 e. The average molecular weight is 195 g/mol. The van der Waals surface area contributed by atoms with E-state index in [1.807, 2.05) is 0 Å². The summed E-state index contributed by atoms with van der Waals surface area (Å²) in [6.07, 6.45) is 3.17. The first-order valence-corrected chi connectivity index (χ1v) is 4.04. The van der Waals surface area contributed by atoms with Gasteiger partial charge in [0.05, 0.1) is 5.56 Å². The van der Waals surface area contributed by atoms with Crippen LogP contribution in [0.5, 0.6) is 0 Å². The molecule has 0 heterocycles. The third-order valence-corrected chi connectivity index (χ3v) is 1.68. The molecule has 0 amide bonds. The molecule has 4 heteroatoms. The normalized spacial score (nSPS) is 10.7. The largest absolute Gasteiger partial charge is 0.478 e. The molecule has 0 aliphatic heterocycles. The van der Waals surface area contributed by atoms with Gasteiger partial charge in [-0.25, -0.2) is 9.18 Å². The standard InChI is InChI=1S/C10H10FNO2/c11-8-4-3-7(2-1-5-12)9(6-8)10(13)14/h1-4,6H,5,12H2,(H,13,14)/b2-1+. The van der Waals surface area contributed by atoms with Crippen LogP contribution >= 0.6 is 0 Å². The van der Waals surface area contributed by atoms with E-state index in [2.05, 4.69) is 0 Å². The van der Waals surface area contributed by atoms with Crippen LogP contribution < -0.4 is 5.73 Å². The summed E-state index contributed by atoms with van der Waals surface area (Å²) in [7, 11) is 0. The molecule has 0 aliphatic rings. The quantitative estimate of drug-likeness (QED) is 0.768. The van der Waals surface area contributed by atoms with Crippen LogP contribution in [0.25, 0.3) is 6.08 Å². The van der Waals surface area contributed by atoms with Crippen LogP contribution in [0.3, 0.4) is 0 Å². The number of hydrogen-bond acceptors (Lipinski definition) is 2. The zero-order valence-corrected chi connectivity index (χ0v) is 7.40. The Balaban J connectivity index is 3.15. The highest BCUT2D eigenvalue weighted by molar-refractivity contribution is 5.92. The predicted molar refractivity (Wildman–Crippen MR) is 51.4 cm³/mol. The minimum absolute atomic E-state index is 0.0605. The monoisotopic (exact) mass is 195 g/mol. The molecule has 0 unspecified atom stereocenters. The second-order valence-corrected chi connectivity index (χ2v) is 2.67. The Morgan fingerprint density at radius 1 is 1.57 bits per heavy atom. The number of rotatable bonds is 3. The van der Waals surface area contributed by atoms with Crippen LogP contribution in [-0.2, 0) is 0 Å². The second kappa shape index (κ2) is 4.53. The summed E-state index contributed by atoms with van der Waals surface area (Å²) in [5, 5.41) is 8.76. The summed E-state index contributed by atoms with van der Waals surface area (Å²) in [5.74, 6) is -1.71. The van der Waals surface area contributed by atoms with Gasteiger partial charge in [-0.1, -0.05) is 18.2 Å². The van der Waals surface area contributed by atoms with E-state index in [1.165, 1.54) is 12.1 Å². The molecule has 3 nitrogen and oxygen atoms in total. The van der Waals surface area contributed by atoms with Crippen molar-refractivity contribution in [2.24, 2.45) is 5.73 Å². The third-order valence-electron chi connectivity index (χ3n) is 1.68. The zero-order chi connectivity index (χ0) is 10.6. The van der Waals surface area contributed by atoms with Gasteiger partial charge in [0.2, 0.25) is 0 Å². The maximum atomic E-state index is 12.7. The van der Waals surface area contributed by atoms with Crippen molar-refractivity contribution in [3.05, 3.63) is 41.2 Å². The molecular formula is C10H10FNO2. The molecule has 0 saturated carbocycles. The van der Waals surface area contributed by atoms with Gasteiger partial charge in [0.25, 0.3) is 0 Å². The lowest BCUT2D eigenvalue weighted by atomic mass is 10.1. The second-order valence-electron chi connectivity index (χ2n) is 2.67. The van der Waals surface area contributed by atoms with Gasteiger partial charge in [0, 0.05) is 6.54 Å². The van der Waals surface area contributed by atoms with Crippen LogP contribution in [0.15, 0.2) is 24.3 Å². The Bertz CT molecular complexity index is 374. The molecule has 0 fully saturated rings. The number of hydrogen-bond donors (Lipinski definition) is 2. The number of carboxylic acids is 1. The maximum absolute atomic E-state index is 12.7. The van der Waals surface area contributed by atoms with Crippen LogP contribution in [0, 0.1) is 5.82 Å². The van der Waals surface area contributed by atoms with Crippen molar-refractivity contribution >= 4 is 12.0 Å². The fourth-order valence-electron chi connectivity index (χ4n) is 1.05. The lowest BCUT2D eigenvalue weighted by molar-refractivity contribution is 0.0696. The molecule has 0 saturated heterocycles. The van der Waals surface area contributed by atoms with Crippen molar-refractivity contribution in [1.82, 2.24) is 0 Å². The Hall–Kier alpha value is -1.68. The molecule has 0 spiro atoms. The van der Waals surface area contributed by atoms with Gasteiger partial charge in [-0.2, -0.15) is 0 Å². The van der Waals surface area contributed by atoms with Gasteiger partial charge < -0.3 is 10.8 Å². The van der Waals surface area contributed by atoms with E-state index in [0.717, 1.165) is 6.07 Å². The number of benzene rings is 1. The van der Waals surface area contributed by atoms with Crippen molar-refractivity contribution in [2.75, 3.05) is 6.54 Å². The molecule has 0 radical (unpaired) electrons. The van der Waals surface area contributed by atoms with Gasteiger partial charge in [-0.3, -0.25) is 0 Å². The van der Waals surface area contributed by atoms with Gasteiger partial charge in [0.15, 0.2) is 0 Å². The van der Waals surface area contributed by atoms with E-state index >= 15 is 0 Å². The SMILES string of the molecule is NC/C=C/c1ccc(F)cc1C(=O)O. The van der Waals surface area contributed by atoms with Crippen molar-refractivity contribution in [3.8, 4) is 0 Å². The van der Waals surface area contributed by atoms with E-state index in [1.54, 1.807) is 12.2 Å². The Morgan fingerprint density at radius 3 is 2.86 bits per heavy atom. The van der Waals surface area contributed by atoms with Crippen LogP contribution in [0.2, 0.25) is 0 Å². The Morgan fingerprint density at radius 2 is 2.29 bits per heavy atom. The van der Waals surface area contributed by atoms with E-state index in [-0.39, 0.29) is 5.56 Å². The van der Waals surface area contributed by atoms with E-state index in [0.29, 0.717) is 12.1 Å². The summed E-state index contributed by atoms with van der Waals surface area (Å²) < 4.78 is 12.7. The first-order valence-electron chi connectivity index (χ1n) is 4.04. The average Bonchev–Trinajstić information content (AvgIpc) is 2.15. The fourth-order valence-corrected chi connectivity index (χ4v) is 1.05. The van der Waals surface area contributed by atoms with Gasteiger partial charge in [-0.15, -0.1) is 0 Å².